The number of carbonyl (C=O) groups excluding carboxylic acids is 1. The Morgan fingerprint density at radius 2 is 2.19 bits per heavy atom. The maximum atomic E-state index is 11.7. The summed E-state index contributed by atoms with van der Waals surface area (Å²) in [6.45, 7) is 2.99. The Bertz CT molecular complexity index is 740. The highest BCUT2D eigenvalue weighted by molar-refractivity contribution is 14.0. The van der Waals surface area contributed by atoms with E-state index in [1.165, 1.54) is 5.56 Å². The van der Waals surface area contributed by atoms with Crippen LogP contribution in [-0.4, -0.2) is 55.1 Å². The number of hydrogen-bond acceptors (Lipinski definition) is 3. The number of amides is 1. The van der Waals surface area contributed by atoms with Crippen LogP contribution in [0.4, 0.5) is 0 Å². The molecule has 2 unspecified atom stereocenters. The summed E-state index contributed by atoms with van der Waals surface area (Å²) in [7, 11) is 1.79. The number of hydrogen-bond donors (Lipinski definition) is 3. The first-order chi connectivity index (χ1) is 12.5. The van der Waals surface area contributed by atoms with Gasteiger partial charge < -0.3 is 20.6 Å². The summed E-state index contributed by atoms with van der Waals surface area (Å²) < 4.78 is 0. The van der Waals surface area contributed by atoms with Crippen LogP contribution in [0.1, 0.15) is 36.8 Å². The van der Waals surface area contributed by atoms with Gasteiger partial charge in [0, 0.05) is 38.5 Å². The van der Waals surface area contributed by atoms with Gasteiger partial charge >= 0.3 is 0 Å². The van der Waals surface area contributed by atoms with Crippen LogP contribution in [0, 0.1) is 5.41 Å². The Kier molecular flexibility index (Phi) is 6.00. The van der Waals surface area contributed by atoms with Gasteiger partial charge in [-0.2, -0.15) is 0 Å². The lowest BCUT2D eigenvalue weighted by Crippen LogP contribution is -2.53. The third-order valence-electron chi connectivity index (χ3n) is 6.23. The van der Waals surface area contributed by atoms with Gasteiger partial charge in [0.15, 0.2) is 5.96 Å². The zero-order chi connectivity index (χ0) is 18.2. The van der Waals surface area contributed by atoms with Crippen LogP contribution in [0.15, 0.2) is 29.3 Å². The van der Waals surface area contributed by atoms with Crippen LogP contribution in [0.2, 0.25) is 0 Å². The van der Waals surface area contributed by atoms with Crippen molar-refractivity contribution in [1.82, 2.24) is 15.5 Å². The Balaban J connectivity index is 0.00000210. The highest BCUT2D eigenvalue weighted by atomic mass is 127. The molecule has 2 heterocycles. The van der Waals surface area contributed by atoms with E-state index in [0.29, 0.717) is 13.0 Å². The van der Waals surface area contributed by atoms with E-state index >= 15 is 0 Å². The molecule has 1 spiro atoms. The second-order valence-electron chi connectivity index (χ2n) is 8.07. The number of aliphatic hydroxyl groups is 1. The summed E-state index contributed by atoms with van der Waals surface area (Å²) >= 11 is 0. The highest BCUT2D eigenvalue weighted by Gasteiger charge is 2.43. The molecule has 0 saturated carbocycles. The van der Waals surface area contributed by atoms with E-state index in [1.54, 1.807) is 7.05 Å². The SMILES string of the molecule is CN=C(NCC1(O)CCc2ccccc21)N1CCCC2(CNC(=O)C2)C1.I. The van der Waals surface area contributed by atoms with E-state index in [1.807, 2.05) is 18.2 Å². The summed E-state index contributed by atoms with van der Waals surface area (Å²) in [4.78, 5) is 18.4. The highest BCUT2D eigenvalue weighted by Crippen LogP contribution is 2.37. The van der Waals surface area contributed by atoms with Gasteiger partial charge in [-0.05, 0) is 36.8 Å². The summed E-state index contributed by atoms with van der Waals surface area (Å²) in [5.41, 5.74) is 1.46. The normalized spacial score (nSPS) is 30.1. The molecule has 4 rings (SSSR count). The molecule has 3 N–H and O–H groups in total. The van der Waals surface area contributed by atoms with Gasteiger partial charge in [-0.3, -0.25) is 9.79 Å². The molecule has 148 valence electrons. The summed E-state index contributed by atoms with van der Waals surface area (Å²) in [6, 6.07) is 8.14. The molecule has 2 saturated heterocycles. The number of nitrogens with one attached hydrogen (secondary N) is 2. The predicted molar refractivity (Wildman–Crippen MR) is 116 cm³/mol. The van der Waals surface area contributed by atoms with Gasteiger partial charge in [-0.15, -0.1) is 24.0 Å². The lowest BCUT2D eigenvalue weighted by Gasteiger charge is -2.41. The van der Waals surface area contributed by atoms with Gasteiger partial charge in [0.1, 0.15) is 5.60 Å². The van der Waals surface area contributed by atoms with Gasteiger partial charge in [0.2, 0.25) is 5.91 Å². The van der Waals surface area contributed by atoms with E-state index in [0.717, 1.165) is 56.8 Å². The molecular weight excluding hydrogens is 455 g/mol. The molecule has 0 radical (unpaired) electrons. The number of fused-ring (bicyclic) bond motifs is 1. The topological polar surface area (TPSA) is 77.0 Å². The molecule has 27 heavy (non-hydrogen) atoms. The van der Waals surface area contributed by atoms with Crippen molar-refractivity contribution in [3.63, 3.8) is 0 Å². The van der Waals surface area contributed by atoms with Crippen molar-refractivity contribution < 1.29 is 9.90 Å². The molecule has 0 aromatic heterocycles. The van der Waals surface area contributed by atoms with Gasteiger partial charge in [0.25, 0.3) is 0 Å². The second-order valence-corrected chi connectivity index (χ2v) is 8.07. The Morgan fingerprint density at radius 3 is 2.93 bits per heavy atom. The number of carbonyl (C=O) groups is 1. The fraction of sp³-hybridized carbons (Fsp3) is 0.600. The fourth-order valence-electron chi connectivity index (χ4n) is 4.84. The molecule has 1 aliphatic carbocycles. The van der Waals surface area contributed by atoms with Crippen molar-refractivity contribution in [2.45, 2.75) is 37.7 Å². The molecule has 0 bridgehead atoms. The van der Waals surface area contributed by atoms with E-state index in [-0.39, 0.29) is 35.3 Å². The molecule has 3 aliphatic rings. The molecule has 2 aliphatic heterocycles. The molecule has 2 fully saturated rings. The van der Waals surface area contributed by atoms with Crippen molar-refractivity contribution in [2.24, 2.45) is 10.4 Å². The maximum absolute atomic E-state index is 11.7. The van der Waals surface area contributed by atoms with Crippen LogP contribution in [-0.2, 0) is 16.8 Å². The van der Waals surface area contributed by atoms with E-state index in [4.69, 9.17) is 0 Å². The van der Waals surface area contributed by atoms with Crippen LogP contribution in [0.5, 0.6) is 0 Å². The van der Waals surface area contributed by atoms with Gasteiger partial charge in [0.05, 0.1) is 6.54 Å². The van der Waals surface area contributed by atoms with Crippen molar-refractivity contribution in [3.8, 4) is 0 Å². The van der Waals surface area contributed by atoms with Crippen LogP contribution >= 0.6 is 24.0 Å². The van der Waals surface area contributed by atoms with Crippen molar-refractivity contribution in [1.29, 1.82) is 0 Å². The minimum Gasteiger partial charge on any atom is -0.383 e. The molecule has 1 amide bonds. The zero-order valence-electron chi connectivity index (χ0n) is 15.8. The fourth-order valence-corrected chi connectivity index (χ4v) is 4.84. The van der Waals surface area contributed by atoms with Crippen LogP contribution in [0.25, 0.3) is 0 Å². The van der Waals surface area contributed by atoms with E-state index in [9.17, 15) is 9.90 Å². The van der Waals surface area contributed by atoms with E-state index in [2.05, 4.69) is 26.6 Å². The lowest BCUT2D eigenvalue weighted by atomic mass is 9.79. The number of guanidine groups is 1. The number of likely N-dealkylation sites (tertiary alicyclic amines) is 1. The molecule has 2 atom stereocenters. The number of halogens is 1. The van der Waals surface area contributed by atoms with Gasteiger partial charge in [-0.25, -0.2) is 0 Å². The average molecular weight is 484 g/mol. The van der Waals surface area contributed by atoms with Crippen LogP contribution < -0.4 is 10.6 Å². The monoisotopic (exact) mass is 484 g/mol. The van der Waals surface area contributed by atoms with Crippen LogP contribution in [0.3, 0.4) is 0 Å². The zero-order valence-corrected chi connectivity index (χ0v) is 18.2. The Hall–Kier alpha value is -1.35. The van der Waals surface area contributed by atoms with Crippen molar-refractivity contribution in [2.75, 3.05) is 33.2 Å². The molecule has 6 nitrogen and oxygen atoms in total. The van der Waals surface area contributed by atoms with Gasteiger partial charge in [-0.1, -0.05) is 24.3 Å². The van der Waals surface area contributed by atoms with Crippen molar-refractivity contribution in [3.05, 3.63) is 35.4 Å². The Labute approximate surface area is 177 Å². The summed E-state index contributed by atoms with van der Waals surface area (Å²) in [5, 5.41) is 17.5. The second kappa shape index (κ2) is 7.95. The predicted octanol–water partition coefficient (Wildman–Crippen LogP) is 1.62. The minimum absolute atomic E-state index is 0. The average Bonchev–Trinajstić information content (AvgIpc) is 3.17. The maximum Gasteiger partial charge on any atom is 0.220 e. The molecular formula is C20H29IN4O2. The summed E-state index contributed by atoms with van der Waals surface area (Å²) in [5.74, 6) is 0.980. The first-order valence-corrected chi connectivity index (χ1v) is 9.57. The number of aliphatic imine (C=N–C) groups is 1. The quantitative estimate of drug-likeness (QED) is 0.339. The number of nitrogens with zero attached hydrogens (tertiary/aromatic N) is 2. The molecule has 7 heteroatoms. The van der Waals surface area contributed by atoms with Crippen molar-refractivity contribution >= 4 is 35.8 Å². The lowest BCUT2D eigenvalue weighted by molar-refractivity contribution is -0.119. The Morgan fingerprint density at radius 1 is 1.37 bits per heavy atom. The summed E-state index contributed by atoms with van der Waals surface area (Å²) in [6.07, 6.45) is 4.39. The minimum atomic E-state index is -0.842. The largest absolute Gasteiger partial charge is 0.383 e. The number of piperidine rings is 1. The third-order valence-corrected chi connectivity index (χ3v) is 6.23. The third kappa shape index (κ3) is 3.94. The number of rotatable bonds is 2. The number of benzene rings is 1. The van der Waals surface area contributed by atoms with E-state index < -0.39 is 5.60 Å². The number of aryl methyl sites for hydroxylation is 1. The molecule has 1 aromatic rings. The smallest absolute Gasteiger partial charge is 0.220 e. The molecule has 1 aromatic carbocycles. The first kappa shape index (κ1) is 20.4. The standard InChI is InChI=1S/C20H28N4O2.HI/c1-21-18(24-10-4-8-19(14-24)11-17(25)22-12-19)23-13-20(26)9-7-15-5-2-3-6-16(15)20;/h2-3,5-6,26H,4,7-14H2,1H3,(H,21,23)(H,22,25);1H. The first-order valence-electron chi connectivity index (χ1n) is 9.57.